The normalized spacial score (nSPS) is 17.1. The summed E-state index contributed by atoms with van der Waals surface area (Å²) < 4.78 is 28.8. The summed E-state index contributed by atoms with van der Waals surface area (Å²) in [5.74, 6) is -0.493. The molecule has 1 aliphatic rings. The van der Waals surface area contributed by atoms with Crippen molar-refractivity contribution in [2.24, 2.45) is 0 Å². The number of para-hydroxylation sites is 1. The Kier molecular flexibility index (Phi) is 5.27. The molecule has 0 N–H and O–H groups in total. The number of hydrogen-bond donors (Lipinski definition) is 0. The summed E-state index contributed by atoms with van der Waals surface area (Å²) in [5, 5.41) is 0.438. The van der Waals surface area contributed by atoms with E-state index in [2.05, 4.69) is 0 Å². The third-order valence-electron chi connectivity index (χ3n) is 6.76. The number of amides is 1. The zero-order valence-corrected chi connectivity index (χ0v) is 18.8. The largest absolute Gasteiger partial charge is 0.330 e. The minimum absolute atomic E-state index is 0.226. The van der Waals surface area contributed by atoms with Crippen LogP contribution in [0.4, 0.5) is 8.78 Å². The second-order valence-corrected chi connectivity index (χ2v) is 8.84. The highest BCUT2D eigenvalue weighted by Gasteiger charge is 2.49. The lowest BCUT2D eigenvalue weighted by Gasteiger charge is -2.48. The number of likely N-dealkylation sites (N-methyl/N-ethyl adjacent to an activating group) is 1. The minimum Gasteiger partial charge on any atom is -0.330 e. The molecular weight excluding hydrogens is 436 g/mol. The summed E-state index contributed by atoms with van der Waals surface area (Å²) in [6.07, 6.45) is 0.592. The maximum atomic E-state index is 13.6. The maximum Gasteiger partial charge on any atom is 0.262 e. The molecule has 0 spiro atoms. The van der Waals surface area contributed by atoms with Crippen LogP contribution in [0.2, 0.25) is 0 Å². The van der Waals surface area contributed by atoms with Crippen LogP contribution < -0.4 is 5.56 Å². The van der Waals surface area contributed by atoms with Gasteiger partial charge >= 0.3 is 0 Å². The molecule has 0 radical (unpaired) electrons. The van der Waals surface area contributed by atoms with Crippen LogP contribution in [-0.2, 0) is 23.2 Å². The molecule has 1 aliphatic heterocycles. The molecule has 0 aliphatic carbocycles. The summed E-state index contributed by atoms with van der Waals surface area (Å²) in [7, 11) is 1.71. The molecular formula is C27H23F2N3O2. The Bertz CT molecular complexity index is 1400. The van der Waals surface area contributed by atoms with Crippen LogP contribution in [0.15, 0.2) is 77.6 Å². The Morgan fingerprint density at radius 3 is 1.94 bits per heavy atom. The molecule has 1 atom stereocenters. The van der Waals surface area contributed by atoms with Crippen LogP contribution in [0.3, 0.4) is 0 Å². The SMILES string of the molecule is C[C@H]1C(=O)N(C)C(Cc2ccc(F)cc2)(Cc2ccc(F)cc2)c2nc3ccccc3c(=O)n21. The molecule has 1 amide bonds. The van der Waals surface area contributed by atoms with Gasteiger partial charge in [-0.1, -0.05) is 36.4 Å². The lowest BCUT2D eigenvalue weighted by Crippen LogP contribution is -2.60. The number of benzene rings is 3. The zero-order valence-electron chi connectivity index (χ0n) is 18.8. The van der Waals surface area contributed by atoms with Gasteiger partial charge in [0.15, 0.2) is 0 Å². The number of carbonyl (C=O) groups is 1. The summed E-state index contributed by atoms with van der Waals surface area (Å²) in [6.45, 7) is 1.69. The average molecular weight is 459 g/mol. The van der Waals surface area contributed by atoms with Gasteiger partial charge in [0.05, 0.1) is 10.9 Å². The van der Waals surface area contributed by atoms with E-state index in [0.29, 0.717) is 29.6 Å². The molecule has 0 unspecified atom stereocenters. The quantitative estimate of drug-likeness (QED) is 0.455. The van der Waals surface area contributed by atoms with Gasteiger partial charge in [0.1, 0.15) is 29.0 Å². The first-order valence-electron chi connectivity index (χ1n) is 11.1. The molecule has 5 rings (SSSR count). The highest BCUT2D eigenvalue weighted by Crippen LogP contribution is 2.40. The van der Waals surface area contributed by atoms with E-state index in [1.165, 1.54) is 28.8 Å². The number of fused-ring (bicyclic) bond motifs is 2. The number of nitrogens with zero attached hydrogens (tertiary/aromatic N) is 3. The fourth-order valence-corrected chi connectivity index (χ4v) is 4.92. The molecule has 5 nitrogen and oxygen atoms in total. The smallest absolute Gasteiger partial charge is 0.262 e. The Labute approximate surface area is 195 Å². The van der Waals surface area contributed by atoms with Crippen LogP contribution >= 0.6 is 0 Å². The van der Waals surface area contributed by atoms with Gasteiger partial charge in [-0.2, -0.15) is 0 Å². The standard InChI is InChI=1S/C27H23F2N3O2/c1-17-24(33)31(2)27(15-18-7-11-20(28)12-8-18,16-19-9-13-21(29)14-10-19)26-30-23-6-4-3-5-22(23)25(34)32(17)26/h3-14,17H,15-16H2,1-2H3/t17-/m0/s1. The van der Waals surface area contributed by atoms with Crippen LogP contribution in [0, 0.1) is 11.6 Å². The maximum absolute atomic E-state index is 13.6. The number of carbonyl (C=O) groups excluding carboxylic acids is 1. The molecule has 7 heteroatoms. The van der Waals surface area contributed by atoms with Gasteiger partial charge in [-0.25, -0.2) is 13.8 Å². The summed E-state index contributed by atoms with van der Waals surface area (Å²) in [4.78, 5) is 33.6. The Hall–Kier alpha value is -3.87. The van der Waals surface area contributed by atoms with Crippen molar-refractivity contribution >= 4 is 16.8 Å². The third-order valence-corrected chi connectivity index (χ3v) is 6.76. The Morgan fingerprint density at radius 1 is 0.853 bits per heavy atom. The Balaban J connectivity index is 1.81. The molecule has 3 aromatic carbocycles. The molecule has 0 fully saturated rings. The lowest BCUT2D eigenvalue weighted by molar-refractivity contribution is -0.143. The highest BCUT2D eigenvalue weighted by atomic mass is 19.1. The van der Waals surface area contributed by atoms with Gasteiger partial charge in [-0.3, -0.25) is 14.2 Å². The van der Waals surface area contributed by atoms with Crippen LogP contribution in [0.1, 0.15) is 29.9 Å². The van der Waals surface area contributed by atoms with Gasteiger partial charge in [0.25, 0.3) is 5.56 Å². The van der Waals surface area contributed by atoms with Crippen molar-refractivity contribution in [2.45, 2.75) is 31.3 Å². The van der Waals surface area contributed by atoms with E-state index in [-0.39, 0.29) is 23.1 Å². The number of hydrogen-bond acceptors (Lipinski definition) is 3. The fourth-order valence-electron chi connectivity index (χ4n) is 4.92. The minimum atomic E-state index is -1.05. The van der Waals surface area contributed by atoms with Crippen molar-refractivity contribution in [3.63, 3.8) is 0 Å². The molecule has 4 aromatic rings. The van der Waals surface area contributed by atoms with Crippen molar-refractivity contribution < 1.29 is 13.6 Å². The van der Waals surface area contributed by atoms with Crippen molar-refractivity contribution in [1.82, 2.24) is 14.5 Å². The molecule has 2 heterocycles. The van der Waals surface area contributed by atoms with E-state index in [4.69, 9.17) is 4.98 Å². The lowest BCUT2D eigenvalue weighted by atomic mass is 9.80. The van der Waals surface area contributed by atoms with Crippen LogP contribution in [0.25, 0.3) is 10.9 Å². The topological polar surface area (TPSA) is 55.2 Å². The monoisotopic (exact) mass is 459 g/mol. The number of aromatic nitrogens is 2. The zero-order chi connectivity index (χ0) is 24.0. The van der Waals surface area contributed by atoms with Gasteiger partial charge in [0.2, 0.25) is 5.91 Å². The van der Waals surface area contributed by atoms with Gasteiger partial charge in [-0.15, -0.1) is 0 Å². The molecule has 0 bridgehead atoms. The highest BCUT2D eigenvalue weighted by molar-refractivity contribution is 5.84. The summed E-state index contributed by atoms with van der Waals surface area (Å²) in [6, 6.07) is 18.5. The average Bonchev–Trinajstić information content (AvgIpc) is 2.84. The van der Waals surface area contributed by atoms with Crippen molar-refractivity contribution in [3.05, 3.63) is 112 Å². The van der Waals surface area contributed by atoms with E-state index in [1.807, 2.05) is 6.07 Å². The van der Waals surface area contributed by atoms with E-state index < -0.39 is 11.6 Å². The number of halogens is 2. The predicted octanol–water partition coefficient (Wildman–Crippen LogP) is 4.39. The molecule has 34 heavy (non-hydrogen) atoms. The molecule has 172 valence electrons. The van der Waals surface area contributed by atoms with Crippen molar-refractivity contribution in [3.8, 4) is 0 Å². The van der Waals surface area contributed by atoms with Gasteiger partial charge in [-0.05, 0) is 54.4 Å². The fraction of sp³-hybridized carbons (Fsp3) is 0.222. The van der Waals surface area contributed by atoms with E-state index in [1.54, 1.807) is 61.3 Å². The number of rotatable bonds is 4. The van der Waals surface area contributed by atoms with Crippen molar-refractivity contribution in [1.29, 1.82) is 0 Å². The van der Waals surface area contributed by atoms with Gasteiger partial charge < -0.3 is 4.90 Å². The van der Waals surface area contributed by atoms with Crippen LogP contribution in [0.5, 0.6) is 0 Å². The second kappa shape index (κ2) is 8.17. The molecule has 1 aromatic heterocycles. The first-order valence-corrected chi connectivity index (χ1v) is 11.1. The Morgan fingerprint density at radius 2 is 1.38 bits per heavy atom. The summed E-state index contributed by atoms with van der Waals surface area (Å²) in [5.41, 5.74) is 0.773. The second-order valence-electron chi connectivity index (χ2n) is 8.84. The van der Waals surface area contributed by atoms with Gasteiger partial charge in [0, 0.05) is 19.9 Å². The van der Waals surface area contributed by atoms with E-state index in [0.717, 1.165) is 11.1 Å². The van der Waals surface area contributed by atoms with Crippen molar-refractivity contribution in [2.75, 3.05) is 7.05 Å². The molecule has 0 saturated carbocycles. The summed E-state index contributed by atoms with van der Waals surface area (Å²) >= 11 is 0. The van der Waals surface area contributed by atoms with E-state index >= 15 is 0 Å². The van der Waals surface area contributed by atoms with E-state index in [9.17, 15) is 18.4 Å². The first-order chi connectivity index (χ1) is 16.3. The van der Waals surface area contributed by atoms with Crippen LogP contribution in [-0.4, -0.2) is 27.4 Å². The first kappa shape index (κ1) is 21.9. The molecule has 0 saturated heterocycles. The predicted molar refractivity (Wildman–Crippen MR) is 125 cm³/mol. The third kappa shape index (κ3) is 3.48.